The Labute approximate surface area is 141 Å². The van der Waals surface area contributed by atoms with Crippen LogP contribution in [-0.4, -0.2) is 11.1 Å². The van der Waals surface area contributed by atoms with E-state index in [-0.39, 0.29) is 6.10 Å². The number of nitriles is 1. The molecule has 0 saturated heterocycles. The lowest BCUT2D eigenvalue weighted by molar-refractivity contribution is 0.242. The van der Waals surface area contributed by atoms with Crippen LogP contribution in [0.2, 0.25) is 0 Å². The Hall–Kier alpha value is -3.06. The van der Waals surface area contributed by atoms with Gasteiger partial charge in [-0.15, -0.1) is 0 Å². The van der Waals surface area contributed by atoms with Crippen LogP contribution in [0, 0.1) is 11.3 Å². The van der Waals surface area contributed by atoms with Crippen molar-refractivity contribution >= 4 is 16.6 Å². The molecule has 0 bridgehead atoms. The predicted molar refractivity (Wildman–Crippen MR) is 96.0 cm³/mol. The molecule has 0 unspecified atom stereocenters. The first kappa shape index (κ1) is 15.8. The third-order valence-electron chi connectivity index (χ3n) is 3.66. The Morgan fingerprint density at radius 3 is 2.58 bits per heavy atom. The van der Waals surface area contributed by atoms with Gasteiger partial charge in [0, 0.05) is 18.1 Å². The van der Waals surface area contributed by atoms with Crippen molar-refractivity contribution in [2.75, 3.05) is 5.32 Å². The molecule has 3 rings (SSSR count). The van der Waals surface area contributed by atoms with Gasteiger partial charge in [0.2, 0.25) is 0 Å². The molecule has 1 aromatic heterocycles. The Morgan fingerprint density at radius 1 is 1.12 bits per heavy atom. The Balaban J connectivity index is 1.82. The van der Waals surface area contributed by atoms with Crippen LogP contribution < -0.4 is 10.1 Å². The van der Waals surface area contributed by atoms with Crippen LogP contribution >= 0.6 is 0 Å². The fraction of sp³-hybridized carbons (Fsp3) is 0.200. The van der Waals surface area contributed by atoms with Gasteiger partial charge in [0.15, 0.2) is 0 Å². The summed E-state index contributed by atoms with van der Waals surface area (Å²) in [5.74, 6) is 0.862. The molecule has 2 aromatic carbocycles. The van der Waals surface area contributed by atoms with E-state index in [9.17, 15) is 5.26 Å². The van der Waals surface area contributed by atoms with E-state index in [4.69, 9.17) is 4.74 Å². The number of para-hydroxylation sites is 1. The Morgan fingerprint density at radius 2 is 1.88 bits per heavy atom. The predicted octanol–water partition coefficient (Wildman–Crippen LogP) is 4.51. The monoisotopic (exact) mass is 317 g/mol. The van der Waals surface area contributed by atoms with Gasteiger partial charge in [-0.1, -0.05) is 30.3 Å². The highest BCUT2D eigenvalue weighted by atomic mass is 16.5. The summed E-state index contributed by atoms with van der Waals surface area (Å²) in [6.45, 7) is 4.64. The molecule has 3 aromatic rings. The van der Waals surface area contributed by atoms with Gasteiger partial charge in [-0.3, -0.25) is 4.98 Å². The molecule has 0 aliphatic heterocycles. The van der Waals surface area contributed by atoms with Crippen LogP contribution in [0.5, 0.6) is 5.75 Å². The highest BCUT2D eigenvalue weighted by Gasteiger charge is 2.08. The number of nitrogens with one attached hydrogen (secondary N) is 1. The minimum atomic E-state index is 0.162. The van der Waals surface area contributed by atoms with Crippen molar-refractivity contribution in [2.45, 2.75) is 26.5 Å². The summed E-state index contributed by atoms with van der Waals surface area (Å²) < 4.78 is 5.65. The number of rotatable bonds is 5. The van der Waals surface area contributed by atoms with Crippen LogP contribution in [0.1, 0.15) is 25.0 Å². The lowest BCUT2D eigenvalue weighted by Crippen LogP contribution is -2.06. The zero-order valence-corrected chi connectivity index (χ0v) is 13.8. The molecular weight excluding hydrogens is 298 g/mol. The highest BCUT2D eigenvalue weighted by Crippen LogP contribution is 2.26. The summed E-state index contributed by atoms with van der Waals surface area (Å²) in [6, 6.07) is 18.0. The van der Waals surface area contributed by atoms with Crippen molar-refractivity contribution < 1.29 is 4.74 Å². The molecule has 0 aliphatic carbocycles. The van der Waals surface area contributed by atoms with Crippen molar-refractivity contribution in [1.82, 2.24) is 4.98 Å². The van der Waals surface area contributed by atoms with Gasteiger partial charge in [0.05, 0.1) is 22.9 Å². The van der Waals surface area contributed by atoms with Gasteiger partial charge in [0.25, 0.3) is 0 Å². The van der Waals surface area contributed by atoms with Crippen molar-refractivity contribution in [2.24, 2.45) is 0 Å². The molecule has 1 heterocycles. The average Bonchev–Trinajstić information content (AvgIpc) is 2.60. The van der Waals surface area contributed by atoms with Crippen molar-refractivity contribution in [3.63, 3.8) is 0 Å². The number of hydrogen-bond donors (Lipinski definition) is 1. The number of fused-ring (bicyclic) bond motifs is 1. The fourth-order valence-corrected chi connectivity index (χ4v) is 2.57. The molecule has 4 nitrogen and oxygen atoms in total. The molecular formula is C20H19N3O. The number of ether oxygens (including phenoxy) is 1. The molecule has 0 spiro atoms. The summed E-state index contributed by atoms with van der Waals surface area (Å²) in [4.78, 5) is 4.33. The minimum Gasteiger partial charge on any atom is -0.491 e. The normalized spacial score (nSPS) is 10.6. The average molecular weight is 317 g/mol. The maximum Gasteiger partial charge on any atom is 0.119 e. The second-order valence-corrected chi connectivity index (χ2v) is 5.84. The summed E-state index contributed by atoms with van der Waals surface area (Å²) in [5, 5.41) is 13.7. The van der Waals surface area contributed by atoms with Gasteiger partial charge in [0.1, 0.15) is 11.8 Å². The molecule has 0 aliphatic rings. The van der Waals surface area contributed by atoms with Crippen LogP contribution in [-0.2, 0) is 6.54 Å². The Bertz CT molecular complexity index is 880. The van der Waals surface area contributed by atoms with Crippen molar-refractivity contribution in [3.8, 4) is 11.8 Å². The van der Waals surface area contributed by atoms with Gasteiger partial charge in [-0.2, -0.15) is 5.26 Å². The van der Waals surface area contributed by atoms with Crippen LogP contribution in [0.3, 0.4) is 0 Å². The molecule has 0 saturated carbocycles. The first-order valence-corrected chi connectivity index (χ1v) is 7.94. The van der Waals surface area contributed by atoms with Gasteiger partial charge < -0.3 is 10.1 Å². The smallest absolute Gasteiger partial charge is 0.119 e. The van der Waals surface area contributed by atoms with E-state index in [0.717, 1.165) is 27.9 Å². The number of nitrogens with zero attached hydrogens (tertiary/aromatic N) is 2. The van der Waals surface area contributed by atoms with E-state index in [1.54, 1.807) is 6.20 Å². The van der Waals surface area contributed by atoms with E-state index >= 15 is 0 Å². The van der Waals surface area contributed by atoms with Gasteiger partial charge in [-0.25, -0.2) is 0 Å². The summed E-state index contributed by atoms with van der Waals surface area (Å²) >= 11 is 0. The first-order chi connectivity index (χ1) is 11.7. The fourth-order valence-electron chi connectivity index (χ4n) is 2.57. The van der Waals surface area contributed by atoms with E-state index in [0.29, 0.717) is 12.1 Å². The zero-order valence-electron chi connectivity index (χ0n) is 13.8. The number of benzene rings is 2. The van der Waals surface area contributed by atoms with E-state index < -0.39 is 0 Å². The zero-order chi connectivity index (χ0) is 16.9. The molecule has 0 atom stereocenters. The molecule has 4 heteroatoms. The lowest BCUT2D eigenvalue weighted by Gasteiger charge is -2.13. The van der Waals surface area contributed by atoms with Crippen LogP contribution in [0.4, 0.5) is 5.69 Å². The second-order valence-electron chi connectivity index (χ2n) is 5.84. The number of aromatic nitrogens is 1. The van der Waals surface area contributed by atoms with Crippen molar-refractivity contribution in [1.29, 1.82) is 5.26 Å². The quantitative estimate of drug-likeness (QED) is 0.752. The molecule has 0 radical (unpaired) electrons. The molecule has 0 fully saturated rings. The molecule has 24 heavy (non-hydrogen) atoms. The second kappa shape index (κ2) is 7.01. The first-order valence-electron chi connectivity index (χ1n) is 7.94. The molecule has 120 valence electrons. The Kier molecular flexibility index (Phi) is 4.62. The summed E-state index contributed by atoms with van der Waals surface area (Å²) in [6.07, 6.45) is 1.78. The van der Waals surface area contributed by atoms with E-state index in [1.807, 2.05) is 62.4 Å². The van der Waals surface area contributed by atoms with E-state index in [1.165, 1.54) is 0 Å². The third kappa shape index (κ3) is 3.47. The molecule has 0 amide bonds. The van der Waals surface area contributed by atoms with Gasteiger partial charge in [-0.05, 0) is 37.6 Å². The topological polar surface area (TPSA) is 57.9 Å². The standard InChI is InChI=1S/C20H19N3O/c1-14(2)24-17-9-7-15(8-10-17)12-23-20-16(11-21)13-22-19-6-4-3-5-18(19)20/h3-10,13-14H,12H2,1-2H3,(H,22,23). The number of pyridine rings is 1. The highest BCUT2D eigenvalue weighted by molar-refractivity contribution is 5.93. The minimum absolute atomic E-state index is 0.162. The summed E-state index contributed by atoms with van der Waals surface area (Å²) in [7, 11) is 0. The lowest BCUT2D eigenvalue weighted by atomic mass is 10.1. The van der Waals surface area contributed by atoms with E-state index in [2.05, 4.69) is 16.4 Å². The maximum absolute atomic E-state index is 9.35. The third-order valence-corrected chi connectivity index (χ3v) is 3.66. The van der Waals surface area contributed by atoms with Crippen LogP contribution in [0.15, 0.2) is 54.7 Å². The van der Waals surface area contributed by atoms with Crippen LogP contribution in [0.25, 0.3) is 10.9 Å². The number of hydrogen-bond acceptors (Lipinski definition) is 4. The maximum atomic E-state index is 9.35. The largest absolute Gasteiger partial charge is 0.491 e. The molecule has 1 N–H and O–H groups in total. The summed E-state index contributed by atoms with van der Waals surface area (Å²) in [5.41, 5.74) is 3.37. The number of anilines is 1. The van der Waals surface area contributed by atoms with Crippen molar-refractivity contribution in [3.05, 3.63) is 65.9 Å². The SMILES string of the molecule is CC(C)Oc1ccc(CNc2c(C#N)cnc3ccccc23)cc1. The van der Waals surface area contributed by atoms with Gasteiger partial charge >= 0.3 is 0 Å².